The van der Waals surface area contributed by atoms with E-state index in [2.05, 4.69) is 18.7 Å². The molecule has 2 atom stereocenters. The van der Waals surface area contributed by atoms with Crippen LogP contribution in [0.3, 0.4) is 0 Å². The highest BCUT2D eigenvalue weighted by Crippen LogP contribution is 2.31. The number of anilines is 2. The van der Waals surface area contributed by atoms with Gasteiger partial charge in [0.05, 0.1) is 16.3 Å². The summed E-state index contributed by atoms with van der Waals surface area (Å²) in [6.07, 6.45) is 1.21. The minimum atomic E-state index is -3.69. The molecule has 6 heteroatoms. The van der Waals surface area contributed by atoms with E-state index in [-0.39, 0.29) is 4.90 Å². The summed E-state index contributed by atoms with van der Waals surface area (Å²) in [5, 5.41) is 5.10. The predicted molar refractivity (Wildman–Crippen MR) is 77.4 cm³/mol. The third-order valence-electron chi connectivity index (χ3n) is 3.54. The van der Waals surface area contributed by atoms with Gasteiger partial charge < -0.3 is 10.6 Å². The van der Waals surface area contributed by atoms with E-state index < -0.39 is 10.0 Å². The summed E-state index contributed by atoms with van der Waals surface area (Å²) in [5.41, 5.74) is 7.34. The number of hydrogen-bond donors (Lipinski definition) is 2. The monoisotopic (exact) mass is 283 g/mol. The summed E-state index contributed by atoms with van der Waals surface area (Å²) in [5.74, 6) is 1.22. The quantitative estimate of drug-likeness (QED) is 0.803. The highest BCUT2D eigenvalue weighted by molar-refractivity contribution is 7.89. The van der Waals surface area contributed by atoms with E-state index in [0.29, 0.717) is 17.5 Å². The number of nitrogens with zero attached hydrogens (tertiary/aromatic N) is 1. The van der Waals surface area contributed by atoms with E-state index in [1.165, 1.54) is 18.6 Å². The third kappa shape index (κ3) is 3.19. The van der Waals surface area contributed by atoms with Gasteiger partial charge in [0.15, 0.2) is 0 Å². The van der Waals surface area contributed by atoms with Gasteiger partial charge >= 0.3 is 0 Å². The van der Waals surface area contributed by atoms with Crippen LogP contribution in [0.15, 0.2) is 23.1 Å². The topological polar surface area (TPSA) is 89.4 Å². The van der Waals surface area contributed by atoms with Crippen molar-refractivity contribution in [1.82, 2.24) is 0 Å². The fraction of sp³-hybridized carbons (Fsp3) is 0.538. The Balaban J connectivity index is 2.31. The Morgan fingerprint density at radius 1 is 1.21 bits per heavy atom. The molecule has 0 saturated carbocycles. The maximum absolute atomic E-state index is 11.3. The molecule has 0 spiro atoms. The third-order valence-corrected chi connectivity index (χ3v) is 4.45. The zero-order chi connectivity index (χ0) is 14.2. The average Bonchev–Trinajstić information content (AvgIpc) is 2.26. The smallest absolute Gasteiger partial charge is 0.238 e. The Labute approximate surface area is 114 Å². The van der Waals surface area contributed by atoms with E-state index in [1.54, 1.807) is 6.07 Å². The van der Waals surface area contributed by atoms with Gasteiger partial charge in [-0.2, -0.15) is 0 Å². The van der Waals surface area contributed by atoms with E-state index in [0.717, 1.165) is 18.8 Å². The Kier molecular flexibility index (Phi) is 3.73. The Bertz CT molecular complexity index is 561. The molecular weight excluding hydrogens is 262 g/mol. The largest absolute Gasteiger partial charge is 0.397 e. The van der Waals surface area contributed by atoms with Gasteiger partial charge in [-0.15, -0.1) is 0 Å². The first-order valence-corrected chi connectivity index (χ1v) is 7.99. The number of primary sulfonamides is 1. The van der Waals surface area contributed by atoms with Crippen molar-refractivity contribution in [3.8, 4) is 0 Å². The van der Waals surface area contributed by atoms with Crippen LogP contribution in [0.25, 0.3) is 0 Å². The summed E-state index contributed by atoms with van der Waals surface area (Å²) < 4.78 is 22.6. The van der Waals surface area contributed by atoms with Gasteiger partial charge in [-0.1, -0.05) is 13.8 Å². The van der Waals surface area contributed by atoms with Crippen LogP contribution in [-0.4, -0.2) is 21.5 Å². The first kappa shape index (κ1) is 14.1. The molecule has 2 unspecified atom stereocenters. The van der Waals surface area contributed by atoms with Crippen molar-refractivity contribution in [2.45, 2.75) is 25.2 Å². The van der Waals surface area contributed by atoms with E-state index in [9.17, 15) is 8.42 Å². The first-order chi connectivity index (χ1) is 8.77. The zero-order valence-electron chi connectivity index (χ0n) is 11.3. The highest BCUT2D eigenvalue weighted by atomic mass is 32.2. The van der Waals surface area contributed by atoms with Crippen molar-refractivity contribution in [3.05, 3.63) is 18.2 Å². The van der Waals surface area contributed by atoms with Crippen LogP contribution in [0.4, 0.5) is 11.4 Å². The molecule has 1 heterocycles. The van der Waals surface area contributed by atoms with Crippen LogP contribution >= 0.6 is 0 Å². The molecule has 0 amide bonds. The summed E-state index contributed by atoms with van der Waals surface area (Å²) >= 11 is 0. The lowest BCUT2D eigenvalue weighted by atomic mass is 9.91. The number of nitrogen functional groups attached to an aromatic ring is 1. The van der Waals surface area contributed by atoms with Gasteiger partial charge in [0.25, 0.3) is 0 Å². The molecule has 106 valence electrons. The number of hydrogen-bond acceptors (Lipinski definition) is 4. The summed E-state index contributed by atoms with van der Waals surface area (Å²) in [6, 6.07) is 4.71. The second-order valence-electron chi connectivity index (χ2n) is 5.62. The molecule has 0 aliphatic carbocycles. The lowest BCUT2D eigenvalue weighted by Gasteiger charge is -2.37. The Morgan fingerprint density at radius 3 is 2.26 bits per heavy atom. The van der Waals surface area contributed by atoms with Gasteiger partial charge in [-0.25, -0.2) is 13.6 Å². The van der Waals surface area contributed by atoms with Crippen LogP contribution < -0.4 is 15.8 Å². The van der Waals surface area contributed by atoms with Crippen LogP contribution in [0.1, 0.15) is 20.3 Å². The number of sulfonamides is 1. The molecule has 0 bridgehead atoms. The molecule has 1 fully saturated rings. The molecule has 0 aromatic heterocycles. The summed E-state index contributed by atoms with van der Waals surface area (Å²) in [4.78, 5) is 2.29. The van der Waals surface area contributed by atoms with Crippen molar-refractivity contribution >= 4 is 21.4 Å². The number of nitrogens with two attached hydrogens (primary N) is 2. The zero-order valence-corrected chi connectivity index (χ0v) is 12.2. The van der Waals surface area contributed by atoms with Gasteiger partial charge in [-0.3, -0.25) is 0 Å². The van der Waals surface area contributed by atoms with Crippen molar-refractivity contribution in [1.29, 1.82) is 0 Å². The molecule has 1 aromatic carbocycles. The standard InChI is InChI=1S/C13H21N3O2S/c1-9-5-10(2)8-16(7-9)13-4-3-11(6-12(13)14)19(15,17)18/h3-4,6,9-10H,5,7-8,14H2,1-2H3,(H2,15,17,18). The summed E-state index contributed by atoms with van der Waals surface area (Å²) in [6.45, 7) is 6.33. The molecular formula is C13H21N3O2S. The molecule has 5 nitrogen and oxygen atoms in total. The Morgan fingerprint density at radius 2 is 1.79 bits per heavy atom. The van der Waals surface area contributed by atoms with Gasteiger partial charge in [0.1, 0.15) is 0 Å². The van der Waals surface area contributed by atoms with E-state index >= 15 is 0 Å². The SMILES string of the molecule is CC1CC(C)CN(c2ccc(S(N)(=O)=O)cc2N)C1. The van der Waals surface area contributed by atoms with Gasteiger partial charge in [0, 0.05) is 13.1 Å². The van der Waals surface area contributed by atoms with Crippen molar-refractivity contribution in [3.63, 3.8) is 0 Å². The Hall–Kier alpha value is -1.27. The second-order valence-corrected chi connectivity index (χ2v) is 7.18. The fourth-order valence-corrected chi connectivity index (χ4v) is 3.41. The number of piperidine rings is 1. The highest BCUT2D eigenvalue weighted by Gasteiger charge is 2.23. The summed E-state index contributed by atoms with van der Waals surface area (Å²) in [7, 11) is -3.69. The molecule has 1 aliphatic heterocycles. The van der Waals surface area contributed by atoms with Gasteiger partial charge in [-0.05, 0) is 36.5 Å². The maximum Gasteiger partial charge on any atom is 0.238 e. The van der Waals surface area contributed by atoms with Crippen LogP contribution in [0.5, 0.6) is 0 Å². The molecule has 4 N–H and O–H groups in total. The minimum absolute atomic E-state index is 0.0619. The molecule has 1 saturated heterocycles. The van der Waals surface area contributed by atoms with Crippen molar-refractivity contribution in [2.24, 2.45) is 17.0 Å². The van der Waals surface area contributed by atoms with E-state index in [4.69, 9.17) is 10.9 Å². The minimum Gasteiger partial charge on any atom is -0.397 e. The lowest BCUT2D eigenvalue weighted by Crippen LogP contribution is -2.39. The lowest BCUT2D eigenvalue weighted by molar-refractivity contribution is 0.357. The second kappa shape index (κ2) is 5.02. The first-order valence-electron chi connectivity index (χ1n) is 6.44. The van der Waals surface area contributed by atoms with Crippen molar-refractivity contribution in [2.75, 3.05) is 23.7 Å². The predicted octanol–water partition coefficient (Wildman–Crippen LogP) is 1.40. The maximum atomic E-state index is 11.3. The number of benzene rings is 1. The molecule has 19 heavy (non-hydrogen) atoms. The van der Waals surface area contributed by atoms with Crippen molar-refractivity contribution < 1.29 is 8.42 Å². The molecule has 2 rings (SSSR count). The molecule has 1 aliphatic rings. The average molecular weight is 283 g/mol. The van der Waals surface area contributed by atoms with E-state index in [1.807, 2.05) is 0 Å². The molecule has 0 radical (unpaired) electrons. The number of rotatable bonds is 2. The van der Waals surface area contributed by atoms with Gasteiger partial charge in [0.2, 0.25) is 10.0 Å². The van der Waals surface area contributed by atoms with Crippen LogP contribution in [-0.2, 0) is 10.0 Å². The normalized spacial score (nSPS) is 24.5. The molecule has 1 aromatic rings. The van der Waals surface area contributed by atoms with Crippen LogP contribution in [0, 0.1) is 11.8 Å². The van der Waals surface area contributed by atoms with Crippen LogP contribution in [0.2, 0.25) is 0 Å². The fourth-order valence-electron chi connectivity index (χ4n) is 2.86.